The number of halogens is 2. The van der Waals surface area contributed by atoms with Gasteiger partial charge in [-0.2, -0.15) is 0 Å². The molecule has 3 nitrogen and oxygen atoms in total. The van der Waals surface area contributed by atoms with Crippen molar-refractivity contribution in [2.45, 2.75) is 53.6 Å². The zero-order valence-electron chi connectivity index (χ0n) is 17.6. The van der Waals surface area contributed by atoms with Gasteiger partial charge in [0.15, 0.2) is 0 Å². The molecule has 0 radical (unpaired) electrons. The van der Waals surface area contributed by atoms with Crippen molar-refractivity contribution in [3.05, 3.63) is 74.1 Å². The molecule has 6 heteroatoms. The molecule has 2 aromatic rings. The third kappa shape index (κ3) is 7.44. The van der Waals surface area contributed by atoms with Gasteiger partial charge in [-0.05, 0) is 74.9 Å². The molecule has 0 aliphatic carbocycles. The van der Waals surface area contributed by atoms with E-state index in [2.05, 4.69) is 71.1 Å². The van der Waals surface area contributed by atoms with Crippen LogP contribution in [0.4, 0.5) is 0 Å². The summed E-state index contributed by atoms with van der Waals surface area (Å²) in [4.78, 5) is 0. The van der Waals surface area contributed by atoms with Crippen molar-refractivity contribution in [2.24, 2.45) is 11.5 Å². The maximum atomic E-state index is 6.42. The predicted molar refractivity (Wildman–Crippen MR) is 120 cm³/mol. The molecule has 28 heavy (non-hydrogen) atoms. The van der Waals surface area contributed by atoms with Crippen molar-refractivity contribution in [1.29, 1.82) is 0 Å². The summed E-state index contributed by atoms with van der Waals surface area (Å²) in [5.41, 5.74) is 22.8. The Morgan fingerprint density at radius 3 is 1.21 bits per heavy atom. The van der Waals surface area contributed by atoms with E-state index < -0.39 is 16.5 Å². The summed E-state index contributed by atoms with van der Waals surface area (Å²) in [5.74, 6) is 0. The van der Waals surface area contributed by atoms with Crippen LogP contribution in [-0.4, -0.2) is 13.1 Å². The summed E-state index contributed by atoms with van der Waals surface area (Å²) in [6.45, 7) is 13.9. The zero-order valence-corrected chi connectivity index (χ0v) is 21.3. The SMILES string of the molecule is Cc1cc(C)c(C(N)C[N-]CC(N)c2c(C)cc(C)cc2C)c(C)c1.[Cl][Pt][Cl]. The van der Waals surface area contributed by atoms with E-state index in [0.29, 0.717) is 13.1 Å². The molecule has 0 fully saturated rings. The average molecular weight is 605 g/mol. The second-order valence-electron chi connectivity index (χ2n) is 7.47. The van der Waals surface area contributed by atoms with Crippen LogP contribution in [0.15, 0.2) is 24.3 Å². The second-order valence-corrected chi connectivity index (χ2v) is 10.8. The number of hydrogen-bond donors (Lipinski definition) is 2. The van der Waals surface area contributed by atoms with E-state index in [0.717, 1.165) is 0 Å². The molecule has 2 atom stereocenters. The molecule has 0 saturated heterocycles. The van der Waals surface area contributed by atoms with Gasteiger partial charge < -0.3 is 16.8 Å². The summed E-state index contributed by atoms with van der Waals surface area (Å²) in [6.07, 6.45) is 0. The normalized spacial score (nSPS) is 13.1. The summed E-state index contributed by atoms with van der Waals surface area (Å²) in [7, 11) is 9.75. The first-order chi connectivity index (χ1) is 13.1. The first-order valence-electron chi connectivity index (χ1n) is 9.24. The second kappa shape index (κ2) is 12.3. The molecule has 4 N–H and O–H groups in total. The van der Waals surface area contributed by atoms with Gasteiger partial charge >= 0.3 is 35.3 Å². The van der Waals surface area contributed by atoms with Crippen LogP contribution in [0.2, 0.25) is 0 Å². The number of nitrogens with two attached hydrogens (primary N) is 2. The molecule has 160 valence electrons. The first-order valence-corrected chi connectivity index (χ1v) is 14.9. The minimum atomic E-state index is -0.472. The van der Waals surface area contributed by atoms with Crippen LogP contribution < -0.4 is 11.5 Å². The van der Waals surface area contributed by atoms with Gasteiger partial charge in [0.2, 0.25) is 0 Å². The van der Waals surface area contributed by atoms with E-state index in [4.69, 9.17) is 30.3 Å². The van der Waals surface area contributed by atoms with Crippen molar-refractivity contribution in [2.75, 3.05) is 13.1 Å². The fourth-order valence-corrected chi connectivity index (χ4v) is 4.09. The Morgan fingerprint density at radius 2 is 0.964 bits per heavy atom. The number of nitrogens with zero attached hydrogens (tertiary/aromatic N) is 1. The molecule has 0 saturated carbocycles. The molecule has 0 heterocycles. The van der Waals surface area contributed by atoms with Gasteiger partial charge in [-0.25, -0.2) is 0 Å². The maximum absolute atomic E-state index is 6.42. The molecule has 2 rings (SSSR count). The summed E-state index contributed by atoms with van der Waals surface area (Å²) in [5, 5.41) is 4.68. The average Bonchev–Trinajstić information content (AvgIpc) is 2.53. The van der Waals surface area contributed by atoms with Crippen molar-refractivity contribution in [1.82, 2.24) is 0 Å². The van der Waals surface area contributed by atoms with Gasteiger partial charge in [0.25, 0.3) is 0 Å². The van der Waals surface area contributed by atoms with E-state index in [1.54, 1.807) is 0 Å². The van der Waals surface area contributed by atoms with E-state index in [1.807, 2.05) is 0 Å². The van der Waals surface area contributed by atoms with E-state index in [-0.39, 0.29) is 12.1 Å². The standard InChI is InChI=1S/C22H32N3.2ClH.Pt/c1-13-7-15(3)21(16(4)8-13)19(23)11-25-12-20(24)22-17(5)9-14(2)10-18(22)6;;;/h7-10,19-20H,11-12,23-24H2,1-6H3;2*1H;/q-1;;;+2/p-2. The predicted octanol–water partition coefficient (Wildman–Crippen LogP) is 5.99. The Kier molecular flexibility index (Phi) is 11.3. The molecule has 2 unspecified atom stereocenters. The number of aryl methyl sites for hydroxylation is 6. The van der Waals surface area contributed by atoms with Crippen LogP contribution in [-0.2, 0) is 16.5 Å². The first kappa shape index (κ1) is 25.6. The summed E-state index contributed by atoms with van der Waals surface area (Å²) < 4.78 is 0. The van der Waals surface area contributed by atoms with Crippen molar-refractivity contribution >= 4 is 18.8 Å². The molecule has 0 bridgehead atoms. The van der Waals surface area contributed by atoms with Gasteiger partial charge in [0.05, 0.1) is 0 Å². The summed E-state index contributed by atoms with van der Waals surface area (Å²) >= 11 is -0.472. The Balaban J connectivity index is 0.00000122. The Labute approximate surface area is 186 Å². The number of rotatable bonds is 6. The molecular weight excluding hydrogens is 572 g/mol. The third-order valence-corrected chi connectivity index (χ3v) is 4.87. The van der Waals surface area contributed by atoms with E-state index >= 15 is 0 Å². The van der Waals surface area contributed by atoms with E-state index in [9.17, 15) is 0 Å². The third-order valence-electron chi connectivity index (χ3n) is 4.87. The topological polar surface area (TPSA) is 66.1 Å². The van der Waals surface area contributed by atoms with Crippen molar-refractivity contribution < 1.29 is 16.5 Å². The van der Waals surface area contributed by atoms with Gasteiger partial charge in [0.1, 0.15) is 0 Å². The van der Waals surface area contributed by atoms with Gasteiger partial charge in [0, 0.05) is 12.1 Å². The van der Waals surface area contributed by atoms with Crippen LogP contribution in [0.25, 0.3) is 5.32 Å². The van der Waals surface area contributed by atoms with Gasteiger partial charge in [-0.1, -0.05) is 35.4 Å². The zero-order chi connectivity index (χ0) is 21.4. The molecular formula is C22H32Cl2N3Pt-. The molecule has 0 aliphatic heterocycles. The Hall–Kier alpha value is -0.412. The van der Waals surface area contributed by atoms with E-state index in [1.165, 1.54) is 44.5 Å². The fraction of sp³-hybridized carbons (Fsp3) is 0.455. The Bertz CT molecular complexity index is 671. The minimum absolute atomic E-state index is 0.0759. The molecule has 0 amide bonds. The van der Waals surface area contributed by atoms with Gasteiger partial charge in [-0.15, -0.1) is 13.1 Å². The Morgan fingerprint density at radius 1 is 0.714 bits per heavy atom. The molecule has 0 aromatic heterocycles. The monoisotopic (exact) mass is 603 g/mol. The van der Waals surface area contributed by atoms with Crippen LogP contribution in [0.3, 0.4) is 0 Å². The molecule has 2 aromatic carbocycles. The summed E-state index contributed by atoms with van der Waals surface area (Å²) in [6, 6.07) is 8.60. The van der Waals surface area contributed by atoms with Crippen LogP contribution >= 0.6 is 18.8 Å². The van der Waals surface area contributed by atoms with Gasteiger partial charge in [-0.3, -0.25) is 0 Å². The van der Waals surface area contributed by atoms with Crippen LogP contribution in [0.5, 0.6) is 0 Å². The number of benzene rings is 2. The fourth-order valence-electron chi connectivity index (χ4n) is 4.09. The van der Waals surface area contributed by atoms with Crippen LogP contribution in [0.1, 0.15) is 56.6 Å². The molecule has 0 spiro atoms. The molecule has 0 aliphatic rings. The van der Waals surface area contributed by atoms with Crippen molar-refractivity contribution in [3.8, 4) is 0 Å². The van der Waals surface area contributed by atoms with Crippen LogP contribution in [0, 0.1) is 41.5 Å². The number of hydrogen-bond acceptors (Lipinski definition) is 2. The quantitative estimate of drug-likeness (QED) is 0.426. The van der Waals surface area contributed by atoms with Crippen molar-refractivity contribution in [3.63, 3.8) is 0 Å².